The van der Waals surface area contributed by atoms with Gasteiger partial charge in [-0.05, 0) is 188 Å². The van der Waals surface area contributed by atoms with Gasteiger partial charge in [-0.3, -0.25) is 39.7 Å². The van der Waals surface area contributed by atoms with Crippen molar-refractivity contribution in [2.45, 2.75) is 80.6 Å². The minimum Gasteiger partial charge on any atom is -0.494 e. The molecule has 20 heteroatoms. The summed E-state index contributed by atoms with van der Waals surface area (Å²) in [6.45, 7) is 20.6. The first-order valence-corrected chi connectivity index (χ1v) is 41.9. The number of nitrogens with zero attached hydrogens (tertiary/aromatic N) is 8. The Labute approximate surface area is 684 Å². The number of aryl methyl sites for hydroxylation is 11. The Bertz CT molecular complexity index is 6530. The van der Waals surface area contributed by atoms with Gasteiger partial charge in [-0.2, -0.15) is 0 Å². The largest absolute Gasteiger partial charge is 0.494 e. The lowest BCUT2D eigenvalue weighted by Crippen LogP contribution is -2.06. The van der Waals surface area contributed by atoms with Crippen LogP contribution in [0.15, 0.2) is 291 Å². The fourth-order valence-corrected chi connectivity index (χ4v) is 15.4. The zero-order chi connectivity index (χ0) is 83.9. The first-order chi connectivity index (χ1) is 56.2. The molecule has 0 atom stereocenters. The second kappa shape index (κ2) is 40.0. The summed E-state index contributed by atoms with van der Waals surface area (Å²) in [7, 11) is -2.56. The number of anilines is 3. The van der Waals surface area contributed by atoms with Gasteiger partial charge in [0.25, 0.3) is 5.56 Å². The number of aromatic nitrogens is 9. The van der Waals surface area contributed by atoms with Crippen molar-refractivity contribution in [1.29, 1.82) is 0 Å². The highest BCUT2D eigenvalue weighted by Gasteiger charge is 2.15. The van der Waals surface area contributed by atoms with Crippen molar-refractivity contribution in [3.63, 3.8) is 0 Å². The molecule has 0 spiro atoms. The van der Waals surface area contributed by atoms with Crippen molar-refractivity contribution in [2.24, 2.45) is 0 Å². The highest BCUT2D eigenvalue weighted by Crippen LogP contribution is 2.31. The Balaban J connectivity index is 0.000000139. The summed E-state index contributed by atoms with van der Waals surface area (Å²) >= 11 is 0. The maximum absolute atomic E-state index is 11.6. The van der Waals surface area contributed by atoms with E-state index in [4.69, 9.17) is 16.2 Å². The highest BCUT2D eigenvalue weighted by molar-refractivity contribution is 7.91. The van der Waals surface area contributed by atoms with Crippen LogP contribution in [0.3, 0.4) is 0 Å². The van der Waals surface area contributed by atoms with Crippen molar-refractivity contribution in [2.75, 3.05) is 49.2 Å². The lowest BCUT2D eigenvalue weighted by Gasteiger charge is -2.08. The number of ether oxygens (including phenoxy) is 1. The van der Waals surface area contributed by atoms with E-state index in [1.54, 1.807) is 44.3 Å². The molecule has 0 saturated carbocycles. The molecule has 9 aromatic heterocycles. The third-order valence-electron chi connectivity index (χ3n) is 19.8. The molecule has 6 N–H and O–H groups in total. The molecule has 0 aliphatic heterocycles. The fraction of sp³-hybridized carbons (Fsp3) is 0.165. The molecule has 594 valence electrons. The molecule has 0 fully saturated rings. The molecule has 0 aliphatic rings. The standard InChI is InChI=1S/C13H15NO2S.C11H12N2.C11H11NO2S.C11H11NO.C11H11N.2C10H10N2.C10H9NO.C10H9N/c1-10-4-3-5-11-8-14-9-12(13(10)11)6-7-17(2,15)16;1-8-4-3-5-9-6-13-7-10(12-2)11(8)9;1-8-4-3-5-9-6-12-7-10(11(8)9)15(2,13)14;1-8-4-3-5-9-6-12-7-10(13-2)11(8)9;1-8-4-3-5-10-7-12-6-9(2)11(8)10;1-7-3-2-4-8-5-12-6-9(11)10(7)8;1-7-3-2-4-9-8(7)5-6-12-10(9)11;1-7-3-2-4-9-8(7)5-6-11-10(9)12;1-8-3-2-4-9-7-11-6-5-10(8)9/h3-5,8-9H,6-7H2,1-2H3;3-7,12H,1-2H3;3-7H,1-2H3;3-7H,1-2H3;3-7H,1-2H3;2-6H,11H2,1H3;2-6H,1H3,(H2,11,12);2-6H,1H3,(H,11,12);2-7H,1H3. The summed E-state index contributed by atoms with van der Waals surface area (Å²) in [6, 6.07) is 60.4. The first kappa shape index (κ1) is 86.0. The van der Waals surface area contributed by atoms with Crippen LogP contribution in [0.25, 0.3) is 97.0 Å². The predicted molar refractivity (Wildman–Crippen MR) is 487 cm³/mol. The number of H-pyrrole nitrogens is 1. The summed E-state index contributed by atoms with van der Waals surface area (Å²) in [5, 5.41) is 23.0. The molecule has 18 nitrogen and oxygen atoms in total. The van der Waals surface area contributed by atoms with E-state index in [0.717, 1.165) is 98.6 Å². The molecule has 18 aromatic rings. The molecule has 9 heterocycles. The second-order valence-electron chi connectivity index (χ2n) is 28.5. The van der Waals surface area contributed by atoms with Crippen molar-refractivity contribution in [1.82, 2.24) is 44.9 Å². The van der Waals surface area contributed by atoms with Crippen molar-refractivity contribution in [3.8, 4) is 5.75 Å². The van der Waals surface area contributed by atoms with Gasteiger partial charge in [-0.15, -0.1) is 0 Å². The van der Waals surface area contributed by atoms with Crippen molar-refractivity contribution < 1.29 is 21.6 Å². The van der Waals surface area contributed by atoms with Crippen LogP contribution in [0.1, 0.15) is 61.2 Å². The average Bonchev–Trinajstić information content (AvgIpc) is 0.779. The highest BCUT2D eigenvalue weighted by atomic mass is 32.2. The number of hydrogen-bond acceptors (Lipinski definition) is 17. The Hall–Kier alpha value is -13.4. The number of sulfone groups is 2. The number of methoxy groups -OCH3 is 1. The fourth-order valence-electron chi connectivity index (χ4n) is 13.9. The monoisotopic (exact) mass is 1590 g/mol. The Morgan fingerprint density at radius 2 is 0.778 bits per heavy atom. The maximum Gasteiger partial charge on any atom is 0.255 e. The molecule has 0 unspecified atom stereocenters. The zero-order valence-electron chi connectivity index (χ0n) is 68.5. The Morgan fingerprint density at radius 1 is 0.368 bits per heavy atom. The number of fused-ring (bicyclic) bond motifs is 9. The summed E-state index contributed by atoms with van der Waals surface area (Å²) in [6.07, 6.45) is 31.5. The lowest BCUT2D eigenvalue weighted by molar-refractivity contribution is 0.418. The number of nitrogens with two attached hydrogens (primary N) is 2. The Kier molecular flexibility index (Phi) is 29.4. The van der Waals surface area contributed by atoms with Crippen molar-refractivity contribution >= 4 is 134 Å². The van der Waals surface area contributed by atoms with Crippen LogP contribution in [0.2, 0.25) is 0 Å². The number of nitrogen functional groups attached to an aromatic ring is 2. The SMILES string of the molecule is CNc1cncc2cccc(C)c12.COc1cncc2cccc(C)c12.Cc1cccc2c(=O)[nH]ccc12.Cc1cccc2c(N)nccc12.Cc1cccc2cncc(C)c12.Cc1cccc2cncc(CCS(C)(=O)=O)c12.Cc1cccc2cncc(N)c12.Cc1cccc2cncc(S(C)(=O)=O)c12.Cc1cccc2cnccc12. The normalized spacial score (nSPS) is 10.8. The van der Waals surface area contributed by atoms with E-state index >= 15 is 0 Å². The van der Waals surface area contributed by atoms with Gasteiger partial charge in [0.05, 0.1) is 47.7 Å². The van der Waals surface area contributed by atoms with E-state index in [-0.39, 0.29) is 11.3 Å². The molecule has 9 aromatic carbocycles. The van der Waals surface area contributed by atoms with E-state index in [1.165, 1.54) is 95.4 Å². The summed E-state index contributed by atoms with van der Waals surface area (Å²) in [4.78, 5) is 46.9. The number of benzene rings is 9. The zero-order valence-corrected chi connectivity index (χ0v) is 70.1. The molecule has 0 amide bonds. The minimum atomic E-state index is -3.21. The summed E-state index contributed by atoms with van der Waals surface area (Å²) in [5.74, 6) is 1.62. The topological polar surface area (TPSA) is 278 Å². The Morgan fingerprint density at radius 3 is 1.31 bits per heavy atom. The number of nitrogens with one attached hydrogen (secondary N) is 2. The summed E-state index contributed by atoms with van der Waals surface area (Å²) < 4.78 is 50.8. The quantitative estimate of drug-likeness (QED) is 0.120. The van der Waals surface area contributed by atoms with E-state index in [9.17, 15) is 21.6 Å². The number of pyridine rings is 9. The van der Waals surface area contributed by atoms with Crippen LogP contribution >= 0.6 is 0 Å². The van der Waals surface area contributed by atoms with E-state index in [1.807, 2.05) is 193 Å². The average molecular weight is 1590 g/mol. The van der Waals surface area contributed by atoms with Gasteiger partial charge in [-0.1, -0.05) is 158 Å². The van der Waals surface area contributed by atoms with Gasteiger partial charge in [0.15, 0.2) is 9.84 Å². The second-order valence-corrected chi connectivity index (χ2v) is 32.7. The van der Waals surface area contributed by atoms with Gasteiger partial charge in [-0.25, -0.2) is 21.8 Å². The van der Waals surface area contributed by atoms with Crippen LogP contribution in [0.5, 0.6) is 5.75 Å². The predicted octanol–water partition coefficient (Wildman–Crippen LogP) is 20.7. The van der Waals surface area contributed by atoms with Crippen LogP contribution in [-0.2, 0) is 26.1 Å². The molecule has 117 heavy (non-hydrogen) atoms. The molecular weight excluding hydrogens is 1490 g/mol. The molecule has 0 saturated heterocycles. The van der Waals surface area contributed by atoms with Gasteiger partial charge in [0.1, 0.15) is 21.4 Å². The van der Waals surface area contributed by atoms with Crippen LogP contribution in [-0.4, -0.2) is 94.1 Å². The van der Waals surface area contributed by atoms with Crippen LogP contribution in [0.4, 0.5) is 17.2 Å². The third kappa shape index (κ3) is 22.3. The van der Waals surface area contributed by atoms with Gasteiger partial charge >= 0.3 is 0 Å². The van der Waals surface area contributed by atoms with E-state index in [0.29, 0.717) is 17.1 Å². The smallest absolute Gasteiger partial charge is 0.255 e. The summed E-state index contributed by atoms with van der Waals surface area (Å²) in [5.41, 5.74) is 26.4. The van der Waals surface area contributed by atoms with Crippen LogP contribution < -0.4 is 27.1 Å². The van der Waals surface area contributed by atoms with E-state index < -0.39 is 19.7 Å². The van der Waals surface area contributed by atoms with Gasteiger partial charge < -0.3 is 26.5 Å². The molecule has 0 aliphatic carbocycles. The van der Waals surface area contributed by atoms with E-state index in [2.05, 4.69) is 171 Å². The number of aromatic amines is 1. The molecular formula is C97H98N12O6S2. The number of rotatable bonds is 6. The van der Waals surface area contributed by atoms with Crippen LogP contribution in [0, 0.1) is 69.2 Å². The number of hydrogen-bond donors (Lipinski definition) is 4. The minimum absolute atomic E-state index is 0.0174. The van der Waals surface area contributed by atoms with Gasteiger partial charge in [0.2, 0.25) is 0 Å². The first-order valence-electron chi connectivity index (χ1n) is 37.9. The van der Waals surface area contributed by atoms with Gasteiger partial charge in [0, 0.05) is 170 Å². The van der Waals surface area contributed by atoms with Crippen molar-refractivity contribution in [3.05, 3.63) is 353 Å². The molecule has 0 bridgehead atoms. The molecule has 18 rings (SSSR count). The maximum atomic E-state index is 11.6. The lowest BCUT2D eigenvalue weighted by atomic mass is 10.0. The molecule has 0 radical (unpaired) electrons. The third-order valence-corrected chi connectivity index (χ3v) is 21.8.